The molecule has 0 bridgehead atoms. The third-order valence-electron chi connectivity index (χ3n) is 6.88. The minimum atomic E-state index is -2.03. The number of hydrogen-bond donors (Lipinski definition) is 1. The molecule has 0 aromatic rings. The molecule has 5 nitrogen and oxygen atoms in total. The van der Waals surface area contributed by atoms with Crippen LogP contribution in [0.25, 0.3) is 0 Å². The first-order valence-corrected chi connectivity index (χ1v) is 13.6. The Labute approximate surface area is 179 Å². The molecule has 1 aliphatic heterocycles. The van der Waals surface area contributed by atoms with Crippen LogP contribution in [0.2, 0.25) is 18.1 Å². The Morgan fingerprint density at radius 2 is 1.72 bits per heavy atom. The zero-order valence-corrected chi connectivity index (χ0v) is 21.5. The number of carboxylic acid groups (broad SMARTS) is 1. The summed E-state index contributed by atoms with van der Waals surface area (Å²) in [7, 11) is -2.03. The van der Waals surface area contributed by atoms with Gasteiger partial charge in [-0.2, -0.15) is 0 Å². The van der Waals surface area contributed by atoms with E-state index in [1.807, 2.05) is 33.8 Å². The fourth-order valence-corrected chi connectivity index (χ4v) is 5.39. The highest BCUT2D eigenvalue weighted by Gasteiger charge is 2.53. The van der Waals surface area contributed by atoms with Crippen molar-refractivity contribution in [3.63, 3.8) is 0 Å². The van der Waals surface area contributed by atoms with Crippen LogP contribution in [0.5, 0.6) is 0 Å². The lowest BCUT2D eigenvalue weighted by atomic mass is 9.71. The summed E-state index contributed by atoms with van der Waals surface area (Å²) in [5.41, 5.74) is -0.483. The number of aliphatic carboxylic acids is 1. The summed E-state index contributed by atoms with van der Waals surface area (Å²) in [5.74, 6) is -1.54. The van der Waals surface area contributed by atoms with Crippen molar-refractivity contribution in [2.45, 2.75) is 111 Å². The summed E-state index contributed by atoms with van der Waals surface area (Å²) in [6.45, 7) is 27.3. The van der Waals surface area contributed by atoms with Crippen LogP contribution in [0.15, 0.2) is 12.7 Å². The standard InChI is InChI=1S/C23H44O5Si/c1-13-15(2)19(28-29(11,12)21(4,5)6)16(3)20-22(7,8)17(14-18(24)25)26-23(9,10)27-20/h13,15-17,19-20H,1,14H2,2-12H3,(H,24,25)/t15-,16+,17-,19-,20-/m0/s1. The SMILES string of the molecule is C=C[C@H](C)[C@H](O[Si](C)(C)C(C)(C)C)[C@@H](C)[C@@H]1OC(C)(C)O[C@@H](CC(=O)O)C1(C)C. The van der Waals surface area contributed by atoms with Gasteiger partial charge in [-0.15, -0.1) is 6.58 Å². The van der Waals surface area contributed by atoms with Crippen LogP contribution in [-0.4, -0.2) is 43.5 Å². The Bertz CT molecular complexity index is 591. The van der Waals surface area contributed by atoms with Crippen LogP contribution in [-0.2, 0) is 18.7 Å². The second-order valence-electron chi connectivity index (χ2n) is 11.3. The predicted molar refractivity (Wildman–Crippen MR) is 120 cm³/mol. The van der Waals surface area contributed by atoms with E-state index in [0.29, 0.717) is 0 Å². The molecule has 0 saturated carbocycles. The highest BCUT2D eigenvalue weighted by atomic mass is 28.4. The molecule has 1 N–H and O–H groups in total. The molecule has 0 aromatic carbocycles. The molecule has 29 heavy (non-hydrogen) atoms. The lowest BCUT2D eigenvalue weighted by Gasteiger charge is -2.54. The molecular formula is C23H44O5Si. The molecule has 0 radical (unpaired) electrons. The molecule has 0 unspecified atom stereocenters. The van der Waals surface area contributed by atoms with Crippen molar-refractivity contribution in [1.29, 1.82) is 0 Å². The fraction of sp³-hybridized carbons (Fsp3) is 0.870. The van der Waals surface area contributed by atoms with Crippen molar-refractivity contribution in [3.05, 3.63) is 12.7 Å². The molecule has 6 heteroatoms. The van der Waals surface area contributed by atoms with E-state index in [9.17, 15) is 9.90 Å². The Morgan fingerprint density at radius 1 is 1.21 bits per heavy atom. The first kappa shape index (κ1) is 26.3. The van der Waals surface area contributed by atoms with Gasteiger partial charge in [-0.3, -0.25) is 4.79 Å². The summed E-state index contributed by atoms with van der Waals surface area (Å²) in [5, 5.41) is 9.50. The normalized spacial score (nSPS) is 27.7. The molecule has 0 amide bonds. The van der Waals surface area contributed by atoms with E-state index < -0.39 is 31.6 Å². The van der Waals surface area contributed by atoms with E-state index in [-0.39, 0.29) is 35.5 Å². The minimum absolute atomic E-state index is 0.0339. The Morgan fingerprint density at radius 3 is 2.14 bits per heavy atom. The summed E-state index contributed by atoms with van der Waals surface area (Å²) in [4.78, 5) is 11.5. The lowest BCUT2D eigenvalue weighted by molar-refractivity contribution is -0.353. The van der Waals surface area contributed by atoms with E-state index >= 15 is 0 Å². The van der Waals surface area contributed by atoms with Gasteiger partial charge in [0.05, 0.1) is 24.7 Å². The smallest absolute Gasteiger partial charge is 0.306 e. The number of carbonyl (C=O) groups is 1. The van der Waals surface area contributed by atoms with Crippen LogP contribution in [0.1, 0.15) is 68.7 Å². The highest BCUT2D eigenvalue weighted by Crippen LogP contribution is 2.47. The van der Waals surface area contributed by atoms with Crippen molar-refractivity contribution < 1.29 is 23.8 Å². The molecule has 5 atom stereocenters. The molecule has 0 spiro atoms. The maximum atomic E-state index is 11.5. The molecule has 170 valence electrons. The van der Waals surface area contributed by atoms with Gasteiger partial charge in [0, 0.05) is 11.3 Å². The Balaban J connectivity index is 3.32. The van der Waals surface area contributed by atoms with Gasteiger partial charge in [-0.1, -0.05) is 54.5 Å². The van der Waals surface area contributed by atoms with E-state index in [1.165, 1.54) is 0 Å². The summed E-state index contributed by atoms with van der Waals surface area (Å²) in [6, 6.07) is 0. The van der Waals surface area contributed by atoms with Crippen LogP contribution in [0.3, 0.4) is 0 Å². The monoisotopic (exact) mass is 428 g/mol. The van der Waals surface area contributed by atoms with Crippen LogP contribution in [0, 0.1) is 17.3 Å². The largest absolute Gasteiger partial charge is 0.481 e. The molecule has 0 aromatic heterocycles. The number of ether oxygens (including phenoxy) is 2. The van der Waals surface area contributed by atoms with Gasteiger partial charge in [0.25, 0.3) is 0 Å². The van der Waals surface area contributed by atoms with E-state index in [1.54, 1.807) is 0 Å². The first-order valence-electron chi connectivity index (χ1n) is 10.7. The number of rotatable bonds is 8. The molecule has 1 saturated heterocycles. The summed E-state index contributed by atoms with van der Waals surface area (Å²) in [6.07, 6.45) is 1.17. The average Bonchev–Trinajstić information content (AvgIpc) is 2.53. The van der Waals surface area contributed by atoms with Gasteiger partial charge in [-0.05, 0) is 37.9 Å². The quantitative estimate of drug-likeness (QED) is 0.388. The molecule has 0 aliphatic carbocycles. The third-order valence-corrected chi connectivity index (χ3v) is 11.4. The van der Waals surface area contributed by atoms with Gasteiger partial charge in [-0.25, -0.2) is 0 Å². The molecule has 1 fully saturated rings. The van der Waals surface area contributed by atoms with Crippen molar-refractivity contribution in [1.82, 2.24) is 0 Å². The number of carboxylic acids is 1. The maximum absolute atomic E-state index is 11.5. The van der Waals surface area contributed by atoms with Crippen molar-refractivity contribution >= 4 is 14.3 Å². The zero-order valence-electron chi connectivity index (χ0n) is 20.5. The van der Waals surface area contributed by atoms with Crippen molar-refractivity contribution in [3.8, 4) is 0 Å². The van der Waals surface area contributed by atoms with Crippen LogP contribution < -0.4 is 0 Å². The third kappa shape index (κ3) is 6.15. The second-order valence-corrected chi connectivity index (χ2v) is 16.0. The van der Waals surface area contributed by atoms with E-state index in [4.69, 9.17) is 13.9 Å². The average molecular weight is 429 g/mol. The van der Waals surface area contributed by atoms with Gasteiger partial charge >= 0.3 is 5.97 Å². The summed E-state index contributed by atoms with van der Waals surface area (Å²) >= 11 is 0. The van der Waals surface area contributed by atoms with Gasteiger partial charge in [0.2, 0.25) is 0 Å². The molecule has 1 aliphatic rings. The minimum Gasteiger partial charge on any atom is -0.481 e. The highest BCUT2D eigenvalue weighted by molar-refractivity contribution is 6.74. The number of hydrogen-bond acceptors (Lipinski definition) is 4. The lowest BCUT2D eigenvalue weighted by Crippen LogP contribution is -2.61. The van der Waals surface area contributed by atoms with Crippen LogP contribution in [0.4, 0.5) is 0 Å². The Hall–Kier alpha value is -0.693. The van der Waals surface area contributed by atoms with Crippen LogP contribution >= 0.6 is 0 Å². The molecule has 1 rings (SSSR count). The predicted octanol–water partition coefficient (Wildman–Crippen LogP) is 5.86. The zero-order chi connectivity index (χ0) is 23.0. The van der Waals surface area contributed by atoms with Gasteiger partial charge in [0.1, 0.15) is 0 Å². The topological polar surface area (TPSA) is 65.0 Å². The fourth-order valence-electron chi connectivity index (χ4n) is 3.93. The van der Waals surface area contributed by atoms with Crippen molar-refractivity contribution in [2.75, 3.05) is 0 Å². The van der Waals surface area contributed by atoms with Gasteiger partial charge in [0.15, 0.2) is 14.1 Å². The van der Waals surface area contributed by atoms with Crippen molar-refractivity contribution in [2.24, 2.45) is 17.3 Å². The van der Waals surface area contributed by atoms with Gasteiger partial charge < -0.3 is 19.0 Å². The Kier molecular flexibility index (Phi) is 8.01. The van der Waals surface area contributed by atoms with E-state index in [0.717, 1.165) is 0 Å². The molecule has 1 heterocycles. The first-order chi connectivity index (χ1) is 12.9. The second kappa shape index (κ2) is 8.81. The maximum Gasteiger partial charge on any atom is 0.306 e. The molecular weight excluding hydrogens is 384 g/mol. The summed E-state index contributed by atoms with van der Waals surface area (Å²) < 4.78 is 19.3. The van der Waals surface area contributed by atoms with E-state index in [2.05, 4.69) is 54.3 Å².